The van der Waals surface area contributed by atoms with Crippen LogP contribution >= 0.6 is 12.4 Å². The third kappa shape index (κ3) is 4.08. The number of anilines is 1. The highest BCUT2D eigenvalue weighted by atomic mass is 35.5. The first-order chi connectivity index (χ1) is 11.3. The number of hydrogen-bond donors (Lipinski definition) is 2. The minimum atomic E-state index is -0.0160. The second kappa shape index (κ2) is 8.71. The molecule has 4 nitrogen and oxygen atoms in total. The lowest BCUT2D eigenvalue weighted by molar-refractivity contribution is 0.0949. The number of fused-ring (bicyclic) bond motifs is 1. The molecule has 0 spiro atoms. The van der Waals surface area contributed by atoms with Crippen LogP contribution in [0.2, 0.25) is 0 Å². The van der Waals surface area contributed by atoms with Gasteiger partial charge in [0.15, 0.2) is 0 Å². The maximum absolute atomic E-state index is 12.6. The van der Waals surface area contributed by atoms with Crippen molar-refractivity contribution in [3.8, 4) is 0 Å². The van der Waals surface area contributed by atoms with Crippen LogP contribution in [0.4, 0.5) is 5.69 Å². The van der Waals surface area contributed by atoms with Crippen molar-refractivity contribution in [2.45, 2.75) is 26.0 Å². The predicted molar refractivity (Wildman–Crippen MR) is 98.8 cm³/mol. The summed E-state index contributed by atoms with van der Waals surface area (Å²) in [7, 11) is 1.68. The zero-order valence-electron chi connectivity index (χ0n) is 13.8. The van der Waals surface area contributed by atoms with Gasteiger partial charge in [-0.05, 0) is 41.7 Å². The fraction of sp³-hybridized carbons (Fsp3) is 0.316. The zero-order chi connectivity index (χ0) is 16.1. The van der Waals surface area contributed by atoms with Crippen molar-refractivity contribution >= 4 is 24.0 Å². The van der Waals surface area contributed by atoms with Gasteiger partial charge in [-0.1, -0.05) is 30.3 Å². The smallest absolute Gasteiger partial charge is 0.251 e. The lowest BCUT2D eigenvalue weighted by atomic mass is 9.97. The highest BCUT2D eigenvalue weighted by Gasteiger charge is 2.17. The highest BCUT2D eigenvalue weighted by molar-refractivity contribution is 5.97. The van der Waals surface area contributed by atoms with Gasteiger partial charge in [0.1, 0.15) is 0 Å². The van der Waals surface area contributed by atoms with E-state index in [2.05, 4.69) is 10.6 Å². The molecule has 0 unspecified atom stereocenters. The molecule has 0 aliphatic carbocycles. The number of rotatable bonds is 5. The van der Waals surface area contributed by atoms with Crippen molar-refractivity contribution in [3.05, 3.63) is 64.7 Å². The minimum Gasteiger partial charge on any atom is -0.385 e. The molecule has 24 heavy (non-hydrogen) atoms. The molecule has 0 aromatic heterocycles. The number of carbonyl (C=O) groups is 1. The summed E-state index contributed by atoms with van der Waals surface area (Å²) >= 11 is 0. The standard InChI is InChI=1S/C19H22N2O2.ClH/c1-23-13-15-7-3-2-6-14(15)12-21-19(22)17-8-4-10-18-16(17)9-5-11-20-18;/h2-4,6-8,10,20H,5,9,11-13H2,1H3,(H,21,22);1H. The van der Waals surface area contributed by atoms with Gasteiger partial charge < -0.3 is 15.4 Å². The highest BCUT2D eigenvalue weighted by Crippen LogP contribution is 2.25. The van der Waals surface area contributed by atoms with Crippen molar-refractivity contribution in [2.24, 2.45) is 0 Å². The first-order valence-electron chi connectivity index (χ1n) is 7.99. The molecule has 0 radical (unpaired) electrons. The van der Waals surface area contributed by atoms with Gasteiger partial charge in [-0.2, -0.15) is 0 Å². The van der Waals surface area contributed by atoms with Crippen LogP contribution in [0.3, 0.4) is 0 Å². The number of halogens is 1. The minimum absolute atomic E-state index is 0. The largest absolute Gasteiger partial charge is 0.385 e. The lowest BCUT2D eigenvalue weighted by Crippen LogP contribution is -2.26. The van der Waals surface area contributed by atoms with E-state index in [0.717, 1.165) is 47.3 Å². The van der Waals surface area contributed by atoms with Gasteiger partial charge in [0.05, 0.1) is 6.61 Å². The van der Waals surface area contributed by atoms with Crippen LogP contribution in [0.15, 0.2) is 42.5 Å². The van der Waals surface area contributed by atoms with Gasteiger partial charge >= 0.3 is 0 Å². The summed E-state index contributed by atoms with van der Waals surface area (Å²) in [5.74, 6) is -0.0160. The summed E-state index contributed by atoms with van der Waals surface area (Å²) in [5.41, 5.74) is 5.18. The number of nitrogens with one attached hydrogen (secondary N) is 2. The van der Waals surface area contributed by atoms with Crippen LogP contribution in [0, 0.1) is 0 Å². The van der Waals surface area contributed by atoms with Crippen LogP contribution in [0.25, 0.3) is 0 Å². The Morgan fingerprint density at radius 3 is 2.75 bits per heavy atom. The average molecular weight is 347 g/mol. The molecule has 2 N–H and O–H groups in total. The Labute approximate surface area is 149 Å². The van der Waals surface area contributed by atoms with Gasteiger partial charge in [0.2, 0.25) is 0 Å². The van der Waals surface area contributed by atoms with Crippen molar-refractivity contribution in [2.75, 3.05) is 19.0 Å². The van der Waals surface area contributed by atoms with Crippen LogP contribution in [0.1, 0.15) is 33.5 Å². The summed E-state index contributed by atoms with van der Waals surface area (Å²) in [6, 6.07) is 13.9. The van der Waals surface area contributed by atoms with Gasteiger partial charge in [-0.25, -0.2) is 0 Å². The Hall–Kier alpha value is -2.04. The van der Waals surface area contributed by atoms with Crippen molar-refractivity contribution < 1.29 is 9.53 Å². The van der Waals surface area contributed by atoms with E-state index in [9.17, 15) is 4.79 Å². The van der Waals surface area contributed by atoms with E-state index in [0.29, 0.717) is 13.2 Å². The molecule has 5 heteroatoms. The molecule has 1 aliphatic rings. The summed E-state index contributed by atoms with van der Waals surface area (Å²) in [4.78, 5) is 12.6. The molecule has 1 heterocycles. The molecular formula is C19H23ClN2O2. The second-order valence-corrected chi connectivity index (χ2v) is 5.75. The first kappa shape index (κ1) is 18.3. The molecule has 0 bridgehead atoms. The van der Waals surface area contributed by atoms with Gasteiger partial charge in [0, 0.05) is 31.5 Å². The summed E-state index contributed by atoms with van der Waals surface area (Å²) in [6.07, 6.45) is 2.01. The summed E-state index contributed by atoms with van der Waals surface area (Å²) in [6.45, 7) is 2.04. The van der Waals surface area contributed by atoms with Crippen molar-refractivity contribution in [1.29, 1.82) is 0 Å². The molecule has 0 atom stereocenters. The Bertz CT molecular complexity index is 704. The third-order valence-corrected chi connectivity index (χ3v) is 4.20. The second-order valence-electron chi connectivity index (χ2n) is 5.75. The number of carbonyl (C=O) groups excluding carboxylic acids is 1. The Balaban J connectivity index is 0.00000208. The van der Waals surface area contributed by atoms with E-state index in [4.69, 9.17) is 4.74 Å². The van der Waals surface area contributed by atoms with Gasteiger partial charge in [-0.3, -0.25) is 4.79 Å². The molecule has 2 aromatic rings. The van der Waals surface area contributed by atoms with Crippen molar-refractivity contribution in [1.82, 2.24) is 5.32 Å². The molecule has 2 aromatic carbocycles. The Morgan fingerprint density at radius 1 is 1.17 bits per heavy atom. The van der Waals surface area contributed by atoms with Crippen LogP contribution in [-0.2, 0) is 24.3 Å². The number of hydrogen-bond acceptors (Lipinski definition) is 3. The maximum Gasteiger partial charge on any atom is 0.251 e. The lowest BCUT2D eigenvalue weighted by Gasteiger charge is -2.20. The predicted octanol–water partition coefficient (Wildman–Crippen LogP) is 3.54. The molecule has 3 rings (SSSR count). The van der Waals surface area contributed by atoms with Gasteiger partial charge in [-0.15, -0.1) is 12.4 Å². The van der Waals surface area contributed by atoms with E-state index in [1.165, 1.54) is 0 Å². The summed E-state index contributed by atoms with van der Waals surface area (Å²) < 4.78 is 5.21. The monoisotopic (exact) mass is 346 g/mol. The molecule has 0 fully saturated rings. The van der Waals surface area contributed by atoms with Crippen LogP contribution in [-0.4, -0.2) is 19.6 Å². The fourth-order valence-corrected chi connectivity index (χ4v) is 3.02. The van der Waals surface area contributed by atoms with E-state index in [1.807, 2.05) is 42.5 Å². The first-order valence-corrected chi connectivity index (χ1v) is 7.99. The van der Waals surface area contributed by atoms with Crippen molar-refractivity contribution in [3.63, 3.8) is 0 Å². The van der Waals surface area contributed by atoms with Gasteiger partial charge in [0.25, 0.3) is 5.91 Å². The average Bonchev–Trinajstić information content (AvgIpc) is 2.60. The normalized spacial score (nSPS) is 12.5. The molecule has 0 saturated heterocycles. The topological polar surface area (TPSA) is 50.4 Å². The quantitative estimate of drug-likeness (QED) is 0.870. The molecular weight excluding hydrogens is 324 g/mol. The fourth-order valence-electron chi connectivity index (χ4n) is 3.02. The molecule has 128 valence electrons. The Kier molecular flexibility index (Phi) is 6.64. The number of benzene rings is 2. The SMILES string of the molecule is COCc1ccccc1CNC(=O)c1cccc2c1CCCN2.Cl. The Morgan fingerprint density at radius 2 is 1.96 bits per heavy atom. The number of ether oxygens (including phenoxy) is 1. The van der Waals surface area contributed by atoms with E-state index >= 15 is 0 Å². The van der Waals surface area contributed by atoms with E-state index in [1.54, 1.807) is 7.11 Å². The number of methoxy groups -OCH3 is 1. The van der Waals surface area contributed by atoms with E-state index in [-0.39, 0.29) is 18.3 Å². The third-order valence-electron chi connectivity index (χ3n) is 4.20. The van der Waals surface area contributed by atoms with E-state index < -0.39 is 0 Å². The molecule has 1 amide bonds. The van der Waals surface area contributed by atoms with Crippen LogP contribution < -0.4 is 10.6 Å². The number of amides is 1. The maximum atomic E-state index is 12.6. The zero-order valence-corrected chi connectivity index (χ0v) is 14.6. The molecule has 0 saturated carbocycles. The summed E-state index contributed by atoms with van der Waals surface area (Å²) in [5, 5.41) is 6.40. The molecule has 1 aliphatic heterocycles. The van der Waals surface area contributed by atoms with Crippen LogP contribution in [0.5, 0.6) is 0 Å².